The van der Waals surface area contributed by atoms with Gasteiger partial charge in [0.15, 0.2) is 5.78 Å². The number of imide groups is 1. The highest BCUT2D eigenvalue weighted by Gasteiger charge is 2.46. The summed E-state index contributed by atoms with van der Waals surface area (Å²) >= 11 is 2.51. The molecule has 2 aliphatic rings. The number of halogens is 2. The van der Waals surface area contributed by atoms with E-state index in [0.717, 1.165) is 51.7 Å². The molecule has 2 heterocycles. The zero-order chi connectivity index (χ0) is 43.9. The van der Waals surface area contributed by atoms with Crippen molar-refractivity contribution < 1.29 is 32.8 Å². The standard InChI is InChI=1S/C51H39F2N3O5S2/c52-38-26-27-42(43(53)30-38)46(57)40-20-10-11-21-41(40)49(60)56-32-39(63-51(35-14-4-1-5-15-35,36-16-6-2-7-17-36)37-18-8-3-9-19-37)31-44(56)47(58)54-28-12-13-33-22-24-34(25-23-33)29-45-48(59)55-50(61)62-45/h1-27,29-30,39,44H,28,31-32H2,(H,54,58)(H,55,59,61)/b13-12+,45-29-/t39-,44+/m1/s1. The van der Waals surface area contributed by atoms with Gasteiger partial charge in [-0.05, 0) is 70.3 Å². The maximum Gasteiger partial charge on any atom is 0.290 e. The van der Waals surface area contributed by atoms with E-state index in [4.69, 9.17) is 0 Å². The average Bonchev–Trinajstić information content (AvgIpc) is 3.88. The molecule has 2 fully saturated rings. The number of likely N-dealkylation sites (tertiary alicyclic amines) is 1. The van der Waals surface area contributed by atoms with Crippen LogP contribution < -0.4 is 10.6 Å². The van der Waals surface area contributed by atoms with Gasteiger partial charge in [-0.3, -0.25) is 29.3 Å². The third kappa shape index (κ3) is 9.33. The minimum Gasteiger partial charge on any atom is -0.351 e. The van der Waals surface area contributed by atoms with Gasteiger partial charge >= 0.3 is 0 Å². The van der Waals surface area contributed by atoms with Gasteiger partial charge in [-0.1, -0.05) is 146 Å². The fourth-order valence-electron chi connectivity index (χ4n) is 7.92. The second-order valence-corrected chi connectivity index (χ2v) is 17.4. The van der Waals surface area contributed by atoms with Crippen molar-refractivity contribution in [3.63, 3.8) is 0 Å². The zero-order valence-electron chi connectivity index (χ0n) is 33.6. The van der Waals surface area contributed by atoms with Gasteiger partial charge in [-0.25, -0.2) is 8.78 Å². The van der Waals surface area contributed by atoms with Gasteiger partial charge in [0.2, 0.25) is 5.91 Å². The van der Waals surface area contributed by atoms with Crippen molar-refractivity contribution in [1.82, 2.24) is 15.5 Å². The number of nitrogens with one attached hydrogen (secondary N) is 2. The Morgan fingerprint density at radius 1 is 0.730 bits per heavy atom. The van der Waals surface area contributed by atoms with Crippen LogP contribution in [0.2, 0.25) is 0 Å². The normalized spacial score (nSPS) is 17.0. The highest BCUT2D eigenvalue weighted by atomic mass is 32.2. The Hall–Kier alpha value is -6.89. The van der Waals surface area contributed by atoms with Crippen molar-refractivity contribution in [2.75, 3.05) is 13.1 Å². The van der Waals surface area contributed by atoms with Crippen molar-refractivity contribution in [2.45, 2.75) is 22.5 Å². The summed E-state index contributed by atoms with van der Waals surface area (Å²) in [6, 6.07) is 45.5. The summed E-state index contributed by atoms with van der Waals surface area (Å²) in [6.45, 7) is 0.288. The van der Waals surface area contributed by atoms with Crippen LogP contribution in [0, 0.1) is 11.6 Å². The Balaban J connectivity index is 1.09. The van der Waals surface area contributed by atoms with Crippen LogP contribution in [-0.2, 0) is 14.3 Å². The molecule has 0 spiro atoms. The molecule has 0 unspecified atom stereocenters. The predicted octanol–water partition coefficient (Wildman–Crippen LogP) is 9.66. The zero-order valence-corrected chi connectivity index (χ0v) is 35.2. The lowest BCUT2D eigenvalue weighted by atomic mass is 9.84. The van der Waals surface area contributed by atoms with Gasteiger partial charge in [0.1, 0.15) is 17.7 Å². The minimum atomic E-state index is -1.05. The van der Waals surface area contributed by atoms with Gasteiger partial charge in [-0.15, -0.1) is 11.8 Å². The molecule has 2 saturated heterocycles. The number of ketones is 1. The van der Waals surface area contributed by atoms with Gasteiger partial charge in [0, 0.05) is 30.0 Å². The molecule has 0 saturated carbocycles. The van der Waals surface area contributed by atoms with Gasteiger partial charge < -0.3 is 10.2 Å². The molecule has 2 aliphatic heterocycles. The Labute approximate surface area is 371 Å². The number of benzene rings is 6. The first-order valence-corrected chi connectivity index (χ1v) is 21.8. The number of carbonyl (C=O) groups excluding carboxylic acids is 5. The van der Waals surface area contributed by atoms with E-state index in [0.29, 0.717) is 11.0 Å². The molecule has 0 bridgehead atoms. The molecule has 0 aromatic heterocycles. The molecule has 6 aromatic carbocycles. The fourth-order valence-corrected chi connectivity index (χ4v) is 10.4. The quantitative estimate of drug-likeness (QED) is 0.0676. The topological polar surface area (TPSA) is 113 Å². The van der Waals surface area contributed by atoms with Crippen LogP contribution >= 0.6 is 23.5 Å². The fraction of sp³-hybridized carbons (Fsp3) is 0.118. The summed E-state index contributed by atoms with van der Waals surface area (Å²) in [6.07, 6.45) is 5.53. The molecule has 12 heteroatoms. The van der Waals surface area contributed by atoms with Crippen LogP contribution in [0.1, 0.15) is 60.5 Å². The maximum absolute atomic E-state index is 14.9. The third-order valence-corrected chi connectivity index (χ3v) is 13.4. The number of nitrogens with zero attached hydrogens (tertiary/aromatic N) is 1. The Morgan fingerprint density at radius 2 is 1.30 bits per heavy atom. The molecule has 63 heavy (non-hydrogen) atoms. The van der Waals surface area contributed by atoms with Crippen LogP contribution in [0.25, 0.3) is 12.2 Å². The second-order valence-electron chi connectivity index (χ2n) is 14.9. The highest BCUT2D eigenvalue weighted by Crippen LogP contribution is 2.52. The lowest BCUT2D eigenvalue weighted by Crippen LogP contribution is -2.46. The van der Waals surface area contributed by atoms with Crippen LogP contribution in [-0.4, -0.2) is 58.0 Å². The Bertz CT molecular complexity index is 2650. The van der Waals surface area contributed by atoms with Crippen molar-refractivity contribution in [3.05, 3.63) is 225 Å². The molecule has 4 amide bonds. The van der Waals surface area contributed by atoms with Crippen molar-refractivity contribution >= 4 is 64.4 Å². The predicted molar refractivity (Wildman–Crippen MR) is 244 cm³/mol. The van der Waals surface area contributed by atoms with Gasteiger partial charge in [0.05, 0.1) is 20.8 Å². The summed E-state index contributed by atoms with van der Waals surface area (Å²) in [5, 5.41) is 4.52. The molecular formula is C51H39F2N3O5S2. The molecule has 314 valence electrons. The van der Waals surface area contributed by atoms with Crippen LogP contribution in [0.4, 0.5) is 13.6 Å². The molecule has 2 atom stereocenters. The molecule has 8 rings (SSSR count). The summed E-state index contributed by atoms with van der Waals surface area (Å²) in [7, 11) is 0. The summed E-state index contributed by atoms with van der Waals surface area (Å²) in [5.41, 5.74) is 4.17. The number of hydrogen-bond donors (Lipinski definition) is 2. The second kappa shape index (κ2) is 19.0. The lowest BCUT2D eigenvalue weighted by molar-refractivity contribution is -0.124. The first-order chi connectivity index (χ1) is 30.6. The van der Waals surface area contributed by atoms with E-state index in [1.54, 1.807) is 36.0 Å². The molecule has 6 aromatic rings. The monoisotopic (exact) mass is 875 g/mol. The molecule has 0 radical (unpaired) electrons. The largest absolute Gasteiger partial charge is 0.351 e. The summed E-state index contributed by atoms with van der Waals surface area (Å²) in [5.74, 6) is -4.07. The number of carbonyl (C=O) groups is 5. The van der Waals surface area contributed by atoms with Crippen LogP contribution in [0.5, 0.6) is 0 Å². The highest BCUT2D eigenvalue weighted by molar-refractivity contribution is 8.18. The van der Waals surface area contributed by atoms with E-state index in [2.05, 4.69) is 47.0 Å². The Morgan fingerprint density at radius 3 is 1.87 bits per heavy atom. The first-order valence-electron chi connectivity index (χ1n) is 20.1. The molecular weight excluding hydrogens is 837 g/mol. The van der Waals surface area contributed by atoms with Gasteiger partial charge in [-0.2, -0.15) is 0 Å². The molecule has 0 aliphatic carbocycles. The Kier molecular flexibility index (Phi) is 12.9. The maximum atomic E-state index is 14.9. The van der Waals surface area contributed by atoms with Gasteiger partial charge in [0.25, 0.3) is 17.1 Å². The van der Waals surface area contributed by atoms with Crippen LogP contribution in [0.3, 0.4) is 0 Å². The summed E-state index contributed by atoms with van der Waals surface area (Å²) < 4.78 is 28.0. The number of rotatable bonds is 13. The van der Waals surface area contributed by atoms with E-state index in [1.165, 1.54) is 17.0 Å². The lowest BCUT2D eigenvalue weighted by Gasteiger charge is -2.37. The minimum absolute atomic E-state index is 0.00661. The first kappa shape index (κ1) is 42.8. The SMILES string of the molecule is O=C1NC(=O)/C(=C/c2ccc(/C=C/CNC(=O)[C@@H]3C[C@@H](SC(c4ccccc4)(c4ccccc4)c4ccccc4)CN3C(=O)c3ccccc3C(=O)c3ccc(F)cc3F)cc2)S1. The average molecular weight is 876 g/mol. The van der Waals surface area contributed by atoms with E-state index < -0.39 is 51.2 Å². The van der Waals surface area contributed by atoms with Crippen molar-refractivity contribution in [1.29, 1.82) is 0 Å². The van der Waals surface area contributed by atoms with E-state index in [1.807, 2.05) is 84.9 Å². The number of hydrogen-bond acceptors (Lipinski definition) is 7. The smallest absolute Gasteiger partial charge is 0.290 e. The molecule has 2 N–H and O–H groups in total. The van der Waals surface area contributed by atoms with E-state index in [-0.39, 0.29) is 41.5 Å². The third-order valence-electron chi connectivity index (χ3n) is 10.9. The van der Waals surface area contributed by atoms with Crippen molar-refractivity contribution in [2.24, 2.45) is 0 Å². The number of thioether (sulfide) groups is 2. The van der Waals surface area contributed by atoms with E-state index in [9.17, 15) is 32.8 Å². The van der Waals surface area contributed by atoms with Crippen molar-refractivity contribution in [3.8, 4) is 0 Å². The summed E-state index contributed by atoms with van der Waals surface area (Å²) in [4.78, 5) is 68.3. The van der Waals surface area contributed by atoms with E-state index >= 15 is 0 Å². The molecule has 8 nitrogen and oxygen atoms in total. The number of amides is 4. The van der Waals surface area contributed by atoms with Crippen LogP contribution in [0.15, 0.2) is 169 Å².